The zero-order chi connectivity index (χ0) is 14.0. The molecule has 1 saturated heterocycles. The highest BCUT2D eigenvalue weighted by molar-refractivity contribution is 5.28. The monoisotopic (exact) mass is 275 g/mol. The van der Waals surface area contributed by atoms with Gasteiger partial charge in [0.2, 0.25) is 5.82 Å². The summed E-state index contributed by atoms with van der Waals surface area (Å²) in [5.74, 6) is 0.847. The fourth-order valence-corrected chi connectivity index (χ4v) is 2.12. The number of hydrogen-bond donors (Lipinski definition) is 1. The zero-order valence-electron chi connectivity index (χ0n) is 11.3. The van der Waals surface area contributed by atoms with Crippen molar-refractivity contribution in [1.29, 1.82) is 0 Å². The number of nitrogens with two attached hydrogens (primary N) is 1. The highest BCUT2D eigenvalue weighted by Crippen LogP contribution is 2.27. The lowest BCUT2D eigenvalue weighted by Crippen LogP contribution is -2.34. The Bertz CT molecular complexity index is 562. The molecule has 106 valence electrons. The summed E-state index contributed by atoms with van der Waals surface area (Å²) < 4.78 is 16.2. The Labute approximate surface area is 116 Å². The third-order valence-corrected chi connectivity index (χ3v) is 3.36. The molecule has 2 heterocycles. The molecule has 1 aliphatic rings. The quantitative estimate of drug-likeness (QED) is 0.911. The van der Waals surface area contributed by atoms with Crippen molar-refractivity contribution in [2.75, 3.05) is 19.8 Å². The van der Waals surface area contributed by atoms with Gasteiger partial charge in [-0.1, -0.05) is 35.5 Å². The second-order valence-corrected chi connectivity index (χ2v) is 4.96. The van der Waals surface area contributed by atoms with Gasteiger partial charge in [-0.3, -0.25) is 0 Å². The van der Waals surface area contributed by atoms with Crippen LogP contribution in [0, 0.1) is 0 Å². The Hall–Kier alpha value is -1.76. The SMILES string of the molecule is CC(N)(c1ccccc1)c1nc(C2COCCO2)no1. The Morgan fingerprint density at radius 3 is 2.75 bits per heavy atom. The Balaban J connectivity index is 1.85. The highest BCUT2D eigenvalue weighted by Gasteiger charge is 2.32. The van der Waals surface area contributed by atoms with Crippen LogP contribution in [0.25, 0.3) is 0 Å². The summed E-state index contributed by atoms with van der Waals surface area (Å²) in [5, 5.41) is 3.96. The summed E-state index contributed by atoms with van der Waals surface area (Å²) in [7, 11) is 0. The average molecular weight is 275 g/mol. The maximum absolute atomic E-state index is 6.33. The van der Waals surface area contributed by atoms with Gasteiger partial charge in [0, 0.05) is 0 Å². The third kappa shape index (κ3) is 2.45. The number of nitrogens with zero attached hydrogens (tertiary/aromatic N) is 2. The smallest absolute Gasteiger partial charge is 0.251 e. The van der Waals surface area contributed by atoms with Gasteiger partial charge < -0.3 is 19.7 Å². The minimum atomic E-state index is -0.831. The summed E-state index contributed by atoms with van der Waals surface area (Å²) >= 11 is 0. The van der Waals surface area contributed by atoms with E-state index in [-0.39, 0.29) is 6.10 Å². The molecular weight excluding hydrogens is 258 g/mol. The molecule has 2 atom stereocenters. The van der Waals surface area contributed by atoms with Gasteiger partial charge in [-0.2, -0.15) is 4.98 Å². The van der Waals surface area contributed by atoms with E-state index in [1.807, 2.05) is 37.3 Å². The van der Waals surface area contributed by atoms with E-state index in [0.717, 1.165) is 5.56 Å². The molecule has 0 spiro atoms. The molecule has 6 nitrogen and oxygen atoms in total. The van der Waals surface area contributed by atoms with Crippen LogP contribution in [0.1, 0.15) is 30.3 Å². The normalized spacial score (nSPS) is 22.4. The van der Waals surface area contributed by atoms with Gasteiger partial charge in [-0.05, 0) is 12.5 Å². The predicted octanol–water partition coefficient (Wildman–Crippen LogP) is 1.38. The first-order chi connectivity index (χ1) is 9.68. The molecule has 2 N–H and O–H groups in total. The van der Waals surface area contributed by atoms with E-state index in [2.05, 4.69) is 10.1 Å². The van der Waals surface area contributed by atoms with Gasteiger partial charge in [0.05, 0.1) is 19.8 Å². The second-order valence-electron chi connectivity index (χ2n) is 4.96. The summed E-state index contributed by atoms with van der Waals surface area (Å²) in [4.78, 5) is 4.37. The molecule has 1 aromatic heterocycles. The van der Waals surface area contributed by atoms with E-state index in [1.165, 1.54) is 0 Å². The number of ether oxygens (including phenoxy) is 2. The minimum Gasteiger partial charge on any atom is -0.376 e. The van der Waals surface area contributed by atoms with E-state index >= 15 is 0 Å². The summed E-state index contributed by atoms with van der Waals surface area (Å²) in [5.41, 5.74) is 6.42. The molecule has 0 saturated carbocycles. The van der Waals surface area contributed by atoms with Gasteiger partial charge in [0.15, 0.2) is 0 Å². The Kier molecular flexibility index (Phi) is 3.52. The first-order valence-corrected chi connectivity index (χ1v) is 6.56. The predicted molar refractivity (Wildman–Crippen MR) is 70.9 cm³/mol. The molecule has 0 bridgehead atoms. The molecule has 0 amide bonds. The molecule has 1 aliphatic heterocycles. The maximum atomic E-state index is 6.33. The lowest BCUT2D eigenvalue weighted by atomic mass is 9.93. The summed E-state index contributed by atoms with van der Waals surface area (Å²) in [6.07, 6.45) is -0.284. The highest BCUT2D eigenvalue weighted by atomic mass is 16.6. The van der Waals surface area contributed by atoms with Gasteiger partial charge in [-0.25, -0.2) is 0 Å². The third-order valence-electron chi connectivity index (χ3n) is 3.36. The standard InChI is InChI=1S/C14H17N3O3/c1-14(15,10-5-3-2-4-6-10)13-16-12(17-20-13)11-9-18-7-8-19-11/h2-6,11H,7-9,15H2,1H3. The molecule has 0 aliphatic carbocycles. The fraction of sp³-hybridized carbons (Fsp3) is 0.429. The van der Waals surface area contributed by atoms with Crippen LogP contribution in [0.5, 0.6) is 0 Å². The molecule has 2 aromatic rings. The second kappa shape index (κ2) is 5.32. The van der Waals surface area contributed by atoms with E-state index in [4.69, 9.17) is 19.7 Å². The van der Waals surface area contributed by atoms with Crippen LogP contribution in [0.15, 0.2) is 34.9 Å². The largest absolute Gasteiger partial charge is 0.376 e. The van der Waals surface area contributed by atoms with E-state index in [9.17, 15) is 0 Å². The molecule has 1 fully saturated rings. The Morgan fingerprint density at radius 1 is 1.25 bits per heavy atom. The van der Waals surface area contributed by atoms with E-state index < -0.39 is 5.54 Å². The first-order valence-electron chi connectivity index (χ1n) is 6.56. The van der Waals surface area contributed by atoms with Crippen LogP contribution in [-0.2, 0) is 15.0 Å². The topological polar surface area (TPSA) is 83.4 Å². The van der Waals surface area contributed by atoms with E-state index in [1.54, 1.807) is 0 Å². The van der Waals surface area contributed by atoms with Crippen LogP contribution in [-0.4, -0.2) is 30.0 Å². The van der Waals surface area contributed by atoms with Crippen molar-refractivity contribution in [3.05, 3.63) is 47.6 Å². The van der Waals surface area contributed by atoms with Crippen molar-refractivity contribution in [3.63, 3.8) is 0 Å². The van der Waals surface area contributed by atoms with Gasteiger partial charge in [-0.15, -0.1) is 0 Å². The molecule has 0 radical (unpaired) electrons. The van der Waals surface area contributed by atoms with Crippen LogP contribution in [0.3, 0.4) is 0 Å². The van der Waals surface area contributed by atoms with Gasteiger partial charge in [0.1, 0.15) is 11.6 Å². The van der Waals surface area contributed by atoms with Crippen LogP contribution in [0.2, 0.25) is 0 Å². The lowest BCUT2D eigenvalue weighted by molar-refractivity contribution is -0.0941. The van der Waals surface area contributed by atoms with Crippen molar-refractivity contribution in [1.82, 2.24) is 10.1 Å². The number of hydrogen-bond acceptors (Lipinski definition) is 6. The number of aromatic nitrogens is 2. The molecule has 2 unspecified atom stereocenters. The van der Waals surface area contributed by atoms with Gasteiger partial charge >= 0.3 is 0 Å². The van der Waals surface area contributed by atoms with Crippen molar-refractivity contribution in [2.24, 2.45) is 5.73 Å². The molecule has 6 heteroatoms. The minimum absolute atomic E-state index is 0.284. The average Bonchev–Trinajstić information content (AvgIpc) is 3.00. The van der Waals surface area contributed by atoms with Crippen LogP contribution in [0.4, 0.5) is 0 Å². The molecular formula is C14H17N3O3. The zero-order valence-corrected chi connectivity index (χ0v) is 11.3. The first kappa shape index (κ1) is 13.2. The molecule has 1 aromatic carbocycles. The fourth-order valence-electron chi connectivity index (χ4n) is 2.12. The van der Waals surface area contributed by atoms with Crippen molar-refractivity contribution in [2.45, 2.75) is 18.6 Å². The Morgan fingerprint density at radius 2 is 2.05 bits per heavy atom. The van der Waals surface area contributed by atoms with E-state index in [0.29, 0.717) is 31.5 Å². The van der Waals surface area contributed by atoms with Crippen molar-refractivity contribution >= 4 is 0 Å². The summed E-state index contributed by atoms with van der Waals surface area (Å²) in [6.45, 7) is 3.41. The molecule has 20 heavy (non-hydrogen) atoms. The maximum Gasteiger partial charge on any atom is 0.251 e. The van der Waals surface area contributed by atoms with Crippen molar-refractivity contribution < 1.29 is 14.0 Å². The van der Waals surface area contributed by atoms with Gasteiger partial charge in [0.25, 0.3) is 5.89 Å². The number of rotatable bonds is 3. The summed E-state index contributed by atoms with van der Waals surface area (Å²) in [6, 6.07) is 9.66. The van der Waals surface area contributed by atoms with Crippen LogP contribution >= 0.6 is 0 Å². The van der Waals surface area contributed by atoms with Crippen LogP contribution < -0.4 is 5.73 Å². The lowest BCUT2D eigenvalue weighted by Gasteiger charge is -2.21. The van der Waals surface area contributed by atoms with Crippen molar-refractivity contribution in [3.8, 4) is 0 Å². The number of benzene rings is 1. The molecule has 3 rings (SSSR count).